The van der Waals surface area contributed by atoms with Gasteiger partial charge in [-0.15, -0.1) is 0 Å². The maximum Gasteiger partial charge on any atom is 0.320 e. The van der Waals surface area contributed by atoms with Gasteiger partial charge in [-0.2, -0.15) is 0 Å². The van der Waals surface area contributed by atoms with E-state index < -0.39 is 12.0 Å². The summed E-state index contributed by atoms with van der Waals surface area (Å²) in [7, 11) is 1.86. The van der Waals surface area contributed by atoms with Gasteiger partial charge >= 0.3 is 5.97 Å². The molecule has 4 heteroatoms. The van der Waals surface area contributed by atoms with Gasteiger partial charge in [0.15, 0.2) is 0 Å². The van der Waals surface area contributed by atoms with E-state index in [1.807, 2.05) is 44.9 Å². The number of carboxylic acid groups (broad SMARTS) is 1. The topological polar surface area (TPSA) is 49.8 Å². The molecule has 0 radical (unpaired) electrons. The van der Waals surface area contributed by atoms with Gasteiger partial charge in [-0.05, 0) is 62.1 Å². The summed E-state index contributed by atoms with van der Waals surface area (Å²) < 4.78 is 6.09. The summed E-state index contributed by atoms with van der Waals surface area (Å²) in [4.78, 5) is 13.2. The molecule has 4 nitrogen and oxygen atoms in total. The Morgan fingerprint density at radius 3 is 2.27 bits per heavy atom. The third-order valence-electron chi connectivity index (χ3n) is 4.79. The number of hydrogen-bond acceptors (Lipinski definition) is 3. The molecule has 0 aliphatic heterocycles. The minimum Gasteiger partial charge on any atom is -0.488 e. The fraction of sp³-hybridized carbons (Fsp3) is 0.409. The molecule has 1 unspecified atom stereocenters. The van der Waals surface area contributed by atoms with Gasteiger partial charge in [-0.25, -0.2) is 0 Å². The van der Waals surface area contributed by atoms with Crippen molar-refractivity contribution >= 4 is 5.97 Å². The molecule has 0 amide bonds. The van der Waals surface area contributed by atoms with E-state index in [9.17, 15) is 9.90 Å². The van der Waals surface area contributed by atoms with E-state index in [0.717, 1.165) is 22.4 Å². The first-order chi connectivity index (χ1) is 12.3. The molecule has 2 aromatic rings. The molecule has 0 aliphatic carbocycles. The molecule has 0 aromatic heterocycles. The van der Waals surface area contributed by atoms with E-state index in [1.165, 1.54) is 11.1 Å². The number of nitrogens with zero attached hydrogens (tertiary/aromatic N) is 1. The van der Waals surface area contributed by atoms with E-state index in [-0.39, 0.29) is 0 Å². The maximum absolute atomic E-state index is 11.3. The van der Waals surface area contributed by atoms with Crippen molar-refractivity contribution in [1.82, 2.24) is 4.90 Å². The van der Waals surface area contributed by atoms with Gasteiger partial charge in [-0.3, -0.25) is 9.69 Å². The smallest absolute Gasteiger partial charge is 0.320 e. The molecule has 0 saturated heterocycles. The van der Waals surface area contributed by atoms with Crippen LogP contribution in [0, 0.1) is 20.8 Å². The highest BCUT2D eigenvalue weighted by atomic mass is 16.5. The second-order valence-corrected chi connectivity index (χ2v) is 6.95. The fourth-order valence-corrected chi connectivity index (χ4v) is 3.35. The predicted octanol–water partition coefficient (Wildman–Crippen LogP) is 4.49. The number of aryl methyl sites for hydroxylation is 3. The monoisotopic (exact) mass is 355 g/mol. The normalized spacial score (nSPS) is 12.2. The summed E-state index contributed by atoms with van der Waals surface area (Å²) in [6.07, 6.45) is 0.585. The first-order valence-corrected chi connectivity index (χ1v) is 9.04. The van der Waals surface area contributed by atoms with Crippen molar-refractivity contribution in [3.8, 4) is 5.75 Å². The summed E-state index contributed by atoms with van der Waals surface area (Å²) in [6, 6.07) is 11.9. The van der Waals surface area contributed by atoms with Gasteiger partial charge in [0.25, 0.3) is 0 Å². The summed E-state index contributed by atoms with van der Waals surface area (Å²) in [5.41, 5.74) is 5.66. The summed E-state index contributed by atoms with van der Waals surface area (Å²) in [5.74, 6) is 0.131. The number of hydrogen-bond donors (Lipinski definition) is 1. The largest absolute Gasteiger partial charge is 0.488 e. The molecule has 0 saturated carbocycles. The zero-order valence-electron chi connectivity index (χ0n) is 16.4. The maximum atomic E-state index is 11.3. The van der Waals surface area contributed by atoms with Crippen molar-refractivity contribution in [1.29, 1.82) is 0 Å². The number of ether oxygens (including phenoxy) is 1. The molecule has 2 rings (SSSR count). The molecule has 2 aromatic carbocycles. The van der Waals surface area contributed by atoms with Crippen LogP contribution in [0.3, 0.4) is 0 Å². The predicted molar refractivity (Wildman–Crippen MR) is 105 cm³/mol. The van der Waals surface area contributed by atoms with E-state index in [0.29, 0.717) is 19.6 Å². The standard InChI is InChI=1S/C22H29NO3/c1-6-20(22(24)25)23(5)13-18-11-16(3)21(17(4)12-18)26-14-19-10-8-7-9-15(19)2/h7-12,20H,6,13-14H2,1-5H3,(H,24,25). The van der Waals surface area contributed by atoms with Crippen LogP contribution in [-0.2, 0) is 17.9 Å². The van der Waals surface area contributed by atoms with Gasteiger partial charge < -0.3 is 9.84 Å². The van der Waals surface area contributed by atoms with Gasteiger partial charge in [0.2, 0.25) is 0 Å². The minimum atomic E-state index is -0.776. The number of carbonyl (C=O) groups is 1. The van der Waals surface area contributed by atoms with Crippen LogP contribution in [0.15, 0.2) is 36.4 Å². The first-order valence-electron chi connectivity index (χ1n) is 9.04. The second-order valence-electron chi connectivity index (χ2n) is 6.95. The Bertz CT molecular complexity index is 747. The van der Waals surface area contributed by atoms with Crippen LogP contribution in [0.1, 0.15) is 41.2 Å². The number of rotatable bonds is 8. The Morgan fingerprint density at radius 1 is 1.12 bits per heavy atom. The van der Waals surface area contributed by atoms with Crippen LogP contribution < -0.4 is 4.74 Å². The Morgan fingerprint density at radius 2 is 1.73 bits per heavy atom. The molecule has 0 heterocycles. The van der Waals surface area contributed by atoms with Gasteiger partial charge in [0.1, 0.15) is 18.4 Å². The highest BCUT2D eigenvalue weighted by Gasteiger charge is 2.20. The van der Waals surface area contributed by atoms with Crippen molar-refractivity contribution in [3.05, 3.63) is 64.2 Å². The Hall–Kier alpha value is -2.33. The number of carboxylic acids is 1. The lowest BCUT2D eigenvalue weighted by Crippen LogP contribution is -2.37. The summed E-state index contributed by atoms with van der Waals surface area (Å²) in [6.45, 7) is 9.21. The van der Waals surface area contributed by atoms with E-state index in [2.05, 4.69) is 31.2 Å². The number of aliphatic carboxylic acids is 1. The summed E-state index contributed by atoms with van der Waals surface area (Å²) in [5, 5.41) is 9.31. The first kappa shape index (κ1) is 20.0. The van der Waals surface area contributed by atoms with Crippen LogP contribution in [0.2, 0.25) is 0 Å². The lowest BCUT2D eigenvalue weighted by Gasteiger charge is -2.24. The molecule has 1 atom stereocenters. The van der Waals surface area contributed by atoms with Gasteiger partial charge in [0.05, 0.1) is 0 Å². The zero-order chi connectivity index (χ0) is 19.3. The van der Waals surface area contributed by atoms with Crippen LogP contribution in [0.25, 0.3) is 0 Å². The lowest BCUT2D eigenvalue weighted by molar-refractivity contribution is -0.143. The Kier molecular flexibility index (Phi) is 6.81. The van der Waals surface area contributed by atoms with E-state index in [4.69, 9.17) is 4.74 Å². The number of benzene rings is 2. The lowest BCUT2D eigenvalue weighted by atomic mass is 10.0. The van der Waals surface area contributed by atoms with Crippen molar-refractivity contribution < 1.29 is 14.6 Å². The summed E-state index contributed by atoms with van der Waals surface area (Å²) >= 11 is 0. The molecule has 26 heavy (non-hydrogen) atoms. The van der Waals surface area contributed by atoms with Crippen LogP contribution in [-0.4, -0.2) is 29.1 Å². The van der Waals surface area contributed by atoms with Crippen LogP contribution in [0.4, 0.5) is 0 Å². The molecule has 140 valence electrons. The van der Waals surface area contributed by atoms with E-state index >= 15 is 0 Å². The number of likely N-dealkylation sites (N-methyl/N-ethyl adjacent to an activating group) is 1. The molecular weight excluding hydrogens is 326 g/mol. The van der Waals surface area contributed by atoms with Gasteiger partial charge in [0, 0.05) is 6.54 Å². The SMILES string of the molecule is CCC(C(=O)O)N(C)Cc1cc(C)c(OCc2ccccc2C)c(C)c1. The van der Waals surface area contributed by atoms with Crippen LogP contribution in [0.5, 0.6) is 5.75 Å². The van der Waals surface area contributed by atoms with Crippen LogP contribution >= 0.6 is 0 Å². The molecular formula is C22H29NO3. The highest BCUT2D eigenvalue weighted by molar-refractivity contribution is 5.73. The third-order valence-corrected chi connectivity index (χ3v) is 4.79. The quantitative estimate of drug-likeness (QED) is 0.758. The zero-order valence-corrected chi connectivity index (χ0v) is 16.4. The average Bonchev–Trinajstić information content (AvgIpc) is 2.55. The Labute approximate surface area is 156 Å². The molecule has 0 aliphatic rings. The van der Waals surface area contributed by atoms with E-state index in [1.54, 1.807) is 0 Å². The van der Waals surface area contributed by atoms with Crippen molar-refractivity contribution in [2.24, 2.45) is 0 Å². The molecule has 0 bridgehead atoms. The molecule has 0 fully saturated rings. The fourth-order valence-electron chi connectivity index (χ4n) is 3.35. The minimum absolute atomic E-state index is 0.465. The van der Waals surface area contributed by atoms with Crippen molar-refractivity contribution in [2.45, 2.75) is 53.3 Å². The third kappa shape index (κ3) is 4.85. The Balaban J connectivity index is 2.12. The molecule has 0 spiro atoms. The second kappa shape index (κ2) is 8.86. The molecule has 1 N–H and O–H groups in total. The van der Waals surface area contributed by atoms with Crippen molar-refractivity contribution in [2.75, 3.05) is 7.05 Å². The van der Waals surface area contributed by atoms with Crippen molar-refractivity contribution in [3.63, 3.8) is 0 Å². The highest BCUT2D eigenvalue weighted by Crippen LogP contribution is 2.27. The average molecular weight is 355 g/mol. The van der Waals surface area contributed by atoms with Gasteiger partial charge in [-0.1, -0.05) is 43.3 Å².